The van der Waals surface area contributed by atoms with Gasteiger partial charge in [0, 0.05) is 18.0 Å². The second-order valence-corrected chi connectivity index (χ2v) is 11.1. The number of ether oxygens (including phenoxy) is 4. The van der Waals surface area contributed by atoms with E-state index in [1.54, 1.807) is 30.3 Å². The van der Waals surface area contributed by atoms with Gasteiger partial charge in [-0.2, -0.15) is 0 Å². The Morgan fingerprint density at radius 2 is 1.52 bits per heavy atom. The molecule has 16 nitrogen and oxygen atoms in total. The Kier molecular flexibility index (Phi) is 10.7. The van der Waals surface area contributed by atoms with E-state index in [0.717, 1.165) is 0 Å². The van der Waals surface area contributed by atoms with Crippen molar-refractivity contribution in [2.24, 2.45) is 0 Å². The number of fused-ring (bicyclic) bond motifs is 2. The van der Waals surface area contributed by atoms with Crippen LogP contribution in [0.3, 0.4) is 0 Å². The van der Waals surface area contributed by atoms with Gasteiger partial charge in [-0.25, -0.2) is 17.8 Å². The predicted octanol–water partition coefficient (Wildman–Crippen LogP) is 3.54. The highest BCUT2D eigenvalue weighted by molar-refractivity contribution is 7.90. The van der Waals surface area contributed by atoms with Gasteiger partial charge in [-0.05, 0) is 40.6 Å². The molecule has 5 rings (SSSR count). The van der Waals surface area contributed by atoms with Crippen molar-refractivity contribution < 1.29 is 46.1 Å². The SMILES string of the molecule is O=C(NS(=O)(=O)c1ccccc1OCCOCCOCCOCCNc1ccc([N+](=O)[O-])c2nonc12)c1cc2ccccc2o1. The molecule has 46 heavy (non-hydrogen) atoms. The number of sulfonamides is 1. The summed E-state index contributed by atoms with van der Waals surface area (Å²) in [5, 5.41) is 22.1. The third kappa shape index (κ3) is 8.13. The molecule has 0 bridgehead atoms. The van der Waals surface area contributed by atoms with Crippen LogP contribution in [-0.4, -0.2) is 82.4 Å². The average molecular weight is 656 g/mol. The number of amides is 1. The standard InChI is InChI=1S/C29H29N5O11S/c35-29(25-19-20-5-1-2-6-23(20)44-25)33-46(38,39)26-8-4-3-7-24(26)43-18-17-42-16-15-41-14-13-40-12-11-30-21-9-10-22(34(36)37)28-27(21)31-45-32-28/h1-10,19,30H,11-18H2,(H,33,35). The Morgan fingerprint density at radius 1 is 0.848 bits per heavy atom. The van der Waals surface area contributed by atoms with Gasteiger partial charge in [-0.1, -0.05) is 30.3 Å². The first-order chi connectivity index (χ1) is 22.3. The summed E-state index contributed by atoms with van der Waals surface area (Å²) in [4.78, 5) is 22.9. The summed E-state index contributed by atoms with van der Waals surface area (Å²) in [5.74, 6) is -0.964. The van der Waals surface area contributed by atoms with Crippen LogP contribution in [-0.2, 0) is 24.2 Å². The van der Waals surface area contributed by atoms with E-state index in [-0.39, 0.29) is 52.9 Å². The minimum Gasteiger partial charge on any atom is -0.490 e. The fourth-order valence-corrected chi connectivity index (χ4v) is 5.37. The van der Waals surface area contributed by atoms with Crippen molar-refractivity contribution in [1.82, 2.24) is 15.0 Å². The predicted molar refractivity (Wildman–Crippen MR) is 162 cm³/mol. The summed E-state index contributed by atoms with van der Waals surface area (Å²) in [5.41, 5.74) is 1.15. The molecule has 0 saturated carbocycles. The van der Waals surface area contributed by atoms with Gasteiger partial charge in [-0.15, -0.1) is 0 Å². The van der Waals surface area contributed by atoms with Crippen molar-refractivity contribution in [2.45, 2.75) is 4.90 Å². The van der Waals surface area contributed by atoms with Crippen LogP contribution >= 0.6 is 0 Å². The largest absolute Gasteiger partial charge is 0.490 e. The second kappa shape index (κ2) is 15.3. The first-order valence-corrected chi connectivity index (χ1v) is 15.5. The fraction of sp³-hybridized carbons (Fsp3) is 0.276. The zero-order chi connectivity index (χ0) is 32.4. The van der Waals surface area contributed by atoms with Gasteiger partial charge in [0.15, 0.2) is 11.3 Å². The third-order valence-electron chi connectivity index (χ3n) is 6.40. The Hall–Kier alpha value is -5.10. The van der Waals surface area contributed by atoms with Crippen LogP contribution in [0.4, 0.5) is 11.4 Å². The van der Waals surface area contributed by atoms with Crippen molar-refractivity contribution in [1.29, 1.82) is 0 Å². The number of non-ortho nitro benzene ring substituents is 1. The lowest BCUT2D eigenvalue weighted by Crippen LogP contribution is -2.30. The van der Waals surface area contributed by atoms with Crippen molar-refractivity contribution in [2.75, 3.05) is 58.1 Å². The molecule has 2 N–H and O–H groups in total. The first kappa shape index (κ1) is 32.3. The number of benzene rings is 3. The Balaban J connectivity index is 0.942. The fourth-order valence-electron chi connectivity index (χ4n) is 4.27. The molecular formula is C29H29N5O11S. The van der Waals surface area contributed by atoms with Gasteiger partial charge in [0.05, 0.1) is 50.3 Å². The monoisotopic (exact) mass is 655 g/mol. The number of hydrogen-bond acceptors (Lipinski definition) is 14. The van der Waals surface area contributed by atoms with Crippen LogP contribution in [0.25, 0.3) is 22.0 Å². The van der Waals surface area contributed by atoms with E-state index in [4.69, 9.17) is 23.4 Å². The lowest BCUT2D eigenvalue weighted by molar-refractivity contribution is -0.383. The molecule has 0 aliphatic rings. The molecule has 2 aromatic heterocycles. The highest BCUT2D eigenvalue weighted by Gasteiger charge is 2.25. The van der Waals surface area contributed by atoms with E-state index in [0.29, 0.717) is 49.6 Å². The van der Waals surface area contributed by atoms with Gasteiger partial charge in [-0.3, -0.25) is 14.9 Å². The maximum atomic E-state index is 13.0. The molecule has 3 aromatic carbocycles. The van der Waals surface area contributed by atoms with Crippen molar-refractivity contribution in [3.63, 3.8) is 0 Å². The zero-order valence-electron chi connectivity index (χ0n) is 24.2. The number of anilines is 1. The van der Waals surface area contributed by atoms with Gasteiger partial charge in [0.1, 0.15) is 22.8 Å². The highest BCUT2D eigenvalue weighted by Crippen LogP contribution is 2.28. The summed E-state index contributed by atoms with van der Waals surface area (Å²) < 4.78 is 60.1. The number of rotatable bonds is 18. The van der Waals surface area contributed by atoms with Crippen LogP contribution < -0.4 is 14.8 Å². The number of hydrogen-bond donors (Lipinski definition) is 2. The van der Waals surface area contributed by atoms with Gasteiger partial charge in [0.2, 0.25) is 5.52 Å². The topological polar surface area (TPSA) is 207 Å². The molecule has 0 unspecified atom stereocenters. The Bertz CT molecular complexity index is 1880. The van der Waals surface area contributed by atoms with Gasteiger partial charge < -0.3 is 28.7 Å². The van der Waals surface area contributed by atoms with Gasteiger partial charge in [0.25, 0.3) is 10.0 Å². The number of nitro benzene ring substituents is 1. The van der Waals surface area contributed by atoms with Crippen molar-refractivity contribution in [3.05, 3.63) is 82.6 Å². The van der Waals surface area contributed by atoms with Crippen LogP contribution in [0, 0.1) is 10.1 Å². The molecule has 2 heterocycles. The molecule has 0 radical (unpaired) electrons. The summed E-state index contributed by atoms with van der Waals surface area (Å²) >= 11 is 0. The first-order valence-electron chi connectivity index (χ1n) is 14.0. The molecule has 0 spiro atoms. The van der Waals surface area contributed by atoms with E-state index in [1.807, 2.05) is 4.72 Å². The molecule has 242 valence electrons. The number of nitrogens with one attached hydrogen (secondary N) is 2. The molecule has 0 saturated heterocycles. The number of aromatic nitrogens is 2. The molecule has 0 aliphatic heterocycles. The second-order valence-electron chi connectivity index (χ2n) is 9.49. The van der Waals surface area contributed by atoms with Crippen LogP contribution in [0.2, 0.25) is 0 Å². The quantitative estimate of drug-likeness (QED) is 0.0787. The van der Waals surface area contributed by atoms with E-state index in [1.165, 1.54) is 36.4 Å². The minimum atomic E-state index is -4.26. The summed E-state index contributed by atoms with van der Waals surface area (Å²) in [7, 11) is -4.26. The summed E-state index contributed by atoms with van der Waals surface area (Å²) in [6.45, 7) is 2.25. The van der Waals surface area contributed by atoms with Gasteiger partial charge >= 0.3 is 11.6 Å². The molecule has 0 aliphatic carbocycles. The lowest BCUT2D eigenvalue weighted by Gasteiger charge is -2.12. The molecule has 0 fully saturated rings. The normalized spacial score (nSPS) is 11.6. The minimum absolute atomic E-state index is 0.0611. The molecular weight excluding hydrogens is 626 g/mol. The van der Waals surface area contributed by atoms with E-state index in [2.05, 4.69) is 20.3 Å². The average Bonchev–Trinajstić information content (AvgIpc) is 3.71. The molecule has 17 heteroatoms. The summed E-state index contributed by atoms with van der Waals surface area (Å²) in [6.07, 6.45) is 0. The van der Waals surface area contributed by atoms with Crippen LogP contribution in [0.1, 0.15) is 10.6 Å². The van der Waals surface area contributed by atoms with Crippen molar-refractivity contribution in [3.8, 4) is 5.75 Å². The molecule has 0 atom stereocenters. The van der Waals surface area contributed by atoms with E-state index < -0.39 is 20.9 Å². The maximum Gasteiger partial charge on any atom is 0.300 e. The number of furan rings is 1. The molecule has 5 aromatic rings. The Labute approximate surface area is 261 Å². The van der Waals surface area contributed by atoms with E-state index >= 15 is 0 Å². The highest BCUT2D eigenvalue weighted by atomic mass is 32.2. The van der Waals surface area contributed by atoms with Crippen LogP contribution in [0.15, 0.2) is 80.7 Å². The molecule has 1 amide bonds. The number of carbonyl (C=O) groups is 1. The zero-order valence-corrected chi connectivity index (χ0v) is 25.1. The van der Waals surface area contributed by atoms with E-state index in [9.17, 15) is 23.3 Å². The number of carbonyl (C=O) groups excluding carboxylic acids is 1. The Morgan fingerprint density at radius 3 is 2.28 bits per heavy atom. The lowest BCUT2D eigenvalue weighted by atomic mass is 10.2. The van der Waals surface area contributed by atoms with Crippen molar-refractivity contribution >= 4 is 49.3 Å². The maximum absolute atomic E-state index is 13.0. The third-order valence-corrected chi connectivity index (χ3v) is 7.77. The smallest absolute Gasteiger partial charge is 0.300 e. The number of nitro groups is 1. The van der Waals surface area contributed by atoms with Crippen LogP contribution in [0.5, 0.6) is 5.75 Å². The summed E-state index contributed by atoms with van der Waals surface area (Å²) in [6, 6.07) is 17.2. The number of nitrogens with zero attached hydrogens (tertiary/aromatic N) is 3. The number of para-hydroxylation sites is 2.